The molecule has 5 nitrogen and oxygen atoms in total. The molecule has 0 aliphatic heterocycles. The van der Waals surface area contributed by atoms with Crippen molar-refractivity contribution in [2.24, 2.45) is 7.05 Å². The second-order valence-electron chi connectivity index (χ2n) is 3.81. The highest BCUT2D eigenvalue weighted by Crippen LogP contribution is 2.17. The lowest BCUT2D eigenvalue weighted by atomic mass is 10.1. The number of aryl methyl sites for hydroxylation is 2. The Balaban J connectivity index is 2.11. The molecule has 0 aliphatic carbocycles. The van der Waals surface area contributed by atoms with Gasteiger partial charge in [-0.15, -0.1) is 0 Å². The Labute approximate surface area is 94.3 Å². The van der Waals surface area contributed by atoms with Crippen molar-refractivity contribution in [2.75, 3.05) is 0 Å². The van der Waals surface area contributed by atoms with E-state index in [1.807, 2.05) is 26.2 Å². The third kappa shape index (κ3) is 2.14. The van der Waals surface area contributed by atoms with Gasteiger partial charge in [0.15, 0.2) is 0 Å². The first-order chi connectivity index (χ1) is 7.70. The lowest BCUT2D eigenvalue weighted by Crippen LogP contribution is -2.09. The normalized spacial score (nSPS) is 12.9. The van der Waals surface area contributed by atoms with E-state index in [4.69, 9.17) is 0 Å². The lowest BCUT2D eigenvalue weighted by Gasteiger charge is -2.11. The summed E-state index contributed by atoms with van der Waals surface area (Å²) in [5, 5.41) is 18.3. The Bertz CT molecular complexity index is 460. The maximum atomic E-state index is 10.1. The SMILES string of the molecule is CCn1nccc1C(O)Cc1cnn(C)c1. The van der Waals surface area contributed by atoms with Gasteiger partial charge in [0.05, 0.1) is 18.0 Å². The number of aliphatic hydroxyl groups excluding tert-OH is 1. The monoisotopic (exact) mass is 220 g/mol. The third-order valence-corrected chi connectivity index (χ3v) is 2.58. The van der Waals surface area contributed by atoms with Gasteiger partial charge in [0.1, 0.15) is 0 Å². The van der Waals surface area contributed by atoms with Gasteiger partial charge in [0, 0.05) is 32.4 Å². The molecule has 16 heavy (non-hydrogen) atoms. The van der Waals surface area contributed by atoms with Crippen LogP contribution in [0.5, 0.6) is 0 Å². The number of nitrogens with zero attached hydrogens (tertiary/aromatic N) is 4. The van der Waals surface area contributed by atoms with Gasteiger partial charge in [-0.25, -0.2) is 0 Å². The molecule has 0 spiro atoms. The quantitative estimate of drug-likeness (QED) is 0.833. The summed E-state index contributed by atoms with van der Waals surface area (Å²) < 4.78 is 3.54. The number of aliphatic hydroxyl groups is 1. The van der Waals surface area contributed by atoms with E-state index in [0.29, 0.717) is 6.42 Å². The van der Waals surface area contributed by atoms with Gasteiger partial charge in [-0.2, -0.15) is 10.2 Å². The molecular weight excluding hydrogens is 204 g/mol. The topological polar surface area (TPSA) is 55.9 Å². The predicted molar refractivity (Wildman–Crippen MR) is 59.8 cm³/mol. The van der Waals surface area contributed by atoms with Crippen LogP contribution in [0.15, 0.2) is 24.7 Å². The van der Waals surface area contributed by atoms with Crippen LogP contribution in [0.3, 0.4) is 0 Å². The molecule has 2 aromatic heterocycles. The first-order valence-corrected chi connectivity index (χ1v) is 5.38. The molecule has 86 valence electrons. The highest BCUT2D eigenvalue weighted by atomic mass is 16.3. The van der Waals surface area contributed by atoms with E-state index in [-0.39, 0.29) is 0 Å². The van der Waals surface area contributed by atoms with Crippen molar-refractivity contribution < 1.29 is 5.11 Å². The highest BCUT2D eigenvalue weighted by Gasteiger charge is 2.13. The van der Waals surface area contributed by atoms with Crippen molar-refractivity contribution in [1.82, 2.24) is 19.6 Å². The highest BCUT2D eigenvalue weighted by molar-refractivity contribution is 5.12. The van der Waals surface area contributed by atoms with Crippen LogP contribution in [0.2, 0.25) is 0 Å². The van der Waals surface area contributed by atoms with Crippen LogP contribution in [0, 0.1) is 0 Å². The minimum absolute atomic E-state index is 0.522. The molecule has 2 heterocycles. The molecule has 0 bridgehead atoms. The van der Waals surface area contributed by atoms with Crippen molar-refractivity contribution in [3.63, 3.8) is 0 Å². The third-order valence-electron chi connectivity index (χ3n) is 2.58. The average molecular weight is 220 g/mol. The molecule has 0 saturated carbocycles. The second kappa shape index (κ2) is 4.49. The van der Waals surface area contributed by atoms with E-state index in [0.717, 1.165) is 17.8 Å². The fourth-order valence-electron chi connectivity index (χ4n) is 1.80. The Kier molecular flexibility index (Phi) is 3.05. The van der Waals surface area contributed by atoms with E-state index in [1.165, 1.54) is 0 Å². The maximum Gasteiger partial charge on any atom is 0.0997 e. The Hall–Kier alpha value is -1.62. The number of hydrogen-bond acceptors (Lipinski definition) is 3. The van der Waals surface area contributed by atoms with E-state index < -0.39 is 6.10 Å². The molecule has 0 saturated heterocycles. The van der Waals surface area contributed by atoms with Crippen LogP contribution in [0.1, 0.15) is 24.3 Å². The standard InChI is InChI=1S/C11H16N4O/c1-3-15-10(4-5-12-15)11(16)6-9-7-13-14(2)8-9/h4-5,7-8,11,16H,3,6H2,1-2H3. The van der Waals surface area contributed by atoms with E-state index in [2.05, 4.69) is 10.2 Å². The summed E-state index contributed by atoms with van der Waals surface area (Å²) in [6, 6.07) is 1.85. The summed E-state index contributed by atoms with van der Waals surface area (Å²) >= 11 is 0. The minimum Gasteiger partial charge on any atom is -0.386 e. The number of aromatic nitrogens is 4. The summed E-state index contributed by atoms with van der Waals surface area (Å²) in [7, 11) is 1.87. The van der Waals surface area contributed by atoms with E-state index in [9.17, 15) is 5.11 Å². The van der Waals surface area contributed by atoms with Gasteiger partial charge >= 0.3 is 0 Å². The molecule has 0 radical (unpaired) electrons. The molecular formula is C11H16N4O. The first-order valence-electron chi connectivity index (χ1n) is 5.38. The fourth-order valence-corrected chi connectivity index (χ4v) is 1.80. The Morgan fingerprint density at radius 3 is 2.88 bits per heavy atom. The molecule has 0 aromatic carbocycles. The summed E-state index contributed by atoms with van der Waals surface area (Å²) in [6.45, 7) is 2.78. The molecule has 1 atom stereocenters. The van der Waals surface area contributed by atoms with Crippen molar-refractivity contribution in [1.29, 1.82) is 0 Å². The summed E-state index contributed by atoms with van der Waals surface area (Å²) in [6.07, 6.45) is 5.45. The molecule has 1 N–H and O–H groups in total. The summed E-state index contributed by atoms with van der Waals surface area (Å²) in [5.41, 5.74) is 1.88. The van der Waals surface area contributed by atoms with Gasteiger partial charge in [0.2, 0.25) is 0 Å². The van der Waals surface area contributed by atoms with Crippen molar-refractivity contribution >= 4 is 0 Å². The fraction of sp³-hybridized carbons (Fsp3) is 0.455. The van der Waals surface area contributed by atoms with Crippen molar-refractivity contribution in [2.45, 2.75) is 26.0 Å². The number of hydrogen-bond donors (Lipinski definition) is 1. The zero-order valence-corrected chi connectivity index (χ0v) is 9.54. The second-order valence-corrected chi connectivity index (χ2v) is 3.81. The van der Waals surface area contributed by atoms with Crippen LogP contribution >= 0.6 is 0 Å². The van der Waals surface area contributed by atoms with Crippen LogP contribution in [0.25, 0.3) is 0 Å². The van der Waals surface area contributed by atoms with Gasteiger partial charge in [0.25, 0.3) is 0 Å². The van der Waals surface area contributed by atoms with Crippen LogP contribution in [-0.4, -0.2) is 24.7 Å². The largest absolute Gasteiger partial charge is 0.386 e. The van der Waals surface area contributed by atoms with Gasteiger partial charge in [-0.3, -0.25) is 9.36 Å². The molecule has 0 aliphatic rings. The van der Waals surface area contributed by atoms with Gasteiger partial charge in [-0.05, 0) is 18.6 Å². The average Bonchev–Trinajstić information content (AvgIpc) is 2.86. The first kappa shape index (κ1) is 10.9. The Morgan fingerprint density at radius 2 is 2.25 bits per heavy atom. The van der Waals surface area contributed by atoms with Crippen LogP contribution in [0.4, 0.5) is 0 Å². The molecule has 1 unspecified atom stereocenters. The maximum absolute atomic E-state index is 10.1. The summed E-state index contributed by atoms with van der Waals surface area (Å²) in [4.78, 5) is 0. The predicted octanol–water partition coefficient (Wildman–Crippen LogP) is 0.913. The van der Waals surface area contributed by atoms with Crippen LogP contribution < -0.4 is 0 Å². The molecule has 2 rings (SSSR count). The zero-order chi connectivity index (χ0) is 11.5. The van der Waals surface area contributed by atoms with Gasteiger partial charge in [-0.1, -0.05) is 0 Å². The van der Waals surface area contributed by atoms with Crippen molar-refractivity contribution in [3.05, 3.63) is 35.9 Å². The summed E-state index contributed by atoms with van der Waals surface area (Å²) in [5.74, 6) is 0. The smallest absolute Gasteiger partial charge is 0.0997 e. The van der Waals surface area contributed by atoms with Crippen LogP contribution in [-0.2, 0) is 20.0 Å². The van der Waals surface area contributed by atoms with E-state index >= 15 is 0 Å². The van der Waals surface area contributed by atoms with Crippen molar-refractivity contribution in [3.8, 4) is 0 Å². The van der Waals surface area contributed by atoms with Gasteiger partial charge < -0.3 is 5.11 Å². The van der Waals surface area contributed by atoms with E-state index in [1.54, 1.807) is 21.8 Å². The molecule has 0 fully saturated rings. The zero-order valence-electron chi connectivity index (χ0n) is 9.54. The Morgan fingerprint density at radius 1 is 1.44 bits per heavy atom. The lowest BCUT2D eigenvalue weighted by molar-refractivity contribution is 0.167. The minimum atomic E-state index is -0.522. The molecule has 2 aromatic rings. The molecule has 0 amide bonds. The number of rotatable bonds is 4. The molecule has 5 heteroatoms.